The van der Waals surface area contributed by atoms with Gasteiger partial charge in [-0.3, -0.25) is 0 Å². The first kappa shape index (κ1) is 12.5. The summed E-state index contributed by atoms with van der Waals surface area (Å²) in [7, 11) is 0. The molecule has 0 fully saturated rings. The first-order chi connectivity index (χ1) is 9.08. The maximum absolute atomic E-state index is 13.5. The highest BCUT2D eigenvalue weighted by Gasteiger charge is 2.28. The van der Waals surface area contributed by atoms with Crippen LogP contribution in [0.2, 0.25) is 0 Å². The average Bonchev–Trinajstić information content (AvgIpc) is 2.70. The topological polar surface area (TPSA) is 29.3 Å². The van der Waals surface area contributed by atoms with Crippen LogP contribution in [0, 0.1) is 5.82 Å². The molecule has 2 aromatic rings. The molecule has 0 aliphatic carbocycles. The summed E-state index contributed by atoms with van der Waals surface area (Å²) in [6, 6.07) is 11.7. The molecule has 2 aromatic carbocycles. The van der Waals surface area contributed by atoms with Crippen LogP contribution in [0.3, 0.4) is 0 Å². The third kappa shape index (κ3) is 2.00. The summed E-state index contributed by atoms with van der Waals surface area (Å²) >= 11 is 3.23. The Morgan fingerprint density at radius 2 is 2.00 bits per heavy atom. The third-order valence-corrected chi connectivity index (χ3v) is 4.14. The van der Waals surface area contributed by atoms with Gasteiger partial charge < -0.3 is 10.6 Å². The lowest BCUT2D eigenvalue weighted by Gasteiger charge is -2.26. The highest BCUT2D eigenvalue weighted by atomic mass is 79.9. The van der Waals surface area contributed by atoms with Gasteiger partial charge in [-0.1, -0.05) is 18.2 Å². The normalized spacial score (nSPS) is 17.6. The van der Waals surface area contributed by atoms with E-state index in [1.54, 1.807) is 6.07 Å². The number of rotatable bonds is 1. The Labute approximate surface area is 120 Å². The summed E-state index contributed by atoms with van der Waals surface area (Å²) in [5.41, 5.74) is 9.76. The van der Waals surface area contributed by atoms with Crippen molar-refractivity contribution in [3.8, 4) is 0 Å². The number of benzene rings is 2. The average molecular weight is 321 g/mol. The number of nitrogen functional groups attached to an aromatic ring is 1. The van der Waals surface area contributed by atoms with E-state index in [1.165, 1.54) is 11.6 Å². The first-order valence-electron chi connectivity index (χ1n) is 6.19. The minimum absolute atomic E-state index is 0.317. The van der Waals surface area contributed by atoms with Crippen LogP contribution in [0.25, 0.3) is 0 Å². The fraction of sp³-hybridized carbons (Fsp3) is 0.200. The van der Waals surface area contributed by atoms with Crippen LogP contribution in [0.1, 0.15) is 12.5 Å². The summed E-state index contributed by atoms with van der Waals surface area (Å²) < 4.78 is 13.9. The molecule has 0 spiro atoms. The minimum atomic E-state index is -0.332. The van der Waals surface area contributed by atoms with E-state index in [9.17, 15) is 4.39 Å². The van der Waals surface area contributed by atoms with Crippen LogP contribution in [0.5, 0.6) is 0 Å². The molecule has 1 heterocycles. The van der Waals surface area contributed by atoms with Gasteiger partial charge in [0.1, 0.15) is 5.82 Å². The fourth-order valence-corrected chi connectivity index (χ4v) is 3.02. The fourth-order valence-electron chi connectivity index (χ4n) is 2.69. The van der Waals surface area contributed by atoms with Gasteiger partial charge in [0.2, 0.25) is 0 Å². The molecule has 0 saturated carbocycles. The Kier molecular flexibility index (Phi) is 2.97. The highest BCUT2D eigenvalue weighted by molar-refractivity contribution is 9.10. The quantitative estimate of drug-likeness (QED) is 0.796. The molecule has 0 radical (unpaired) electrons. The number of halogens is 2. The van der Waals surface area contributed by atoms with E-state index >= 15 is 0 Å². The van der Waals surface area contributed by atoms with E-state index < -0.39 is 0 Å². The van der Waals surface area contributed by atoms with Crippen molar-refractivity contribution in [1.82, 2.24) is 0 Å². The van der Waals surface area contributed by atoms with Crippen LogP contribution < -0.4 is 10.6 Å². The monoisotopic (exact) mass is 320 g/mol. The molecule has 1 aliphatic heterocycles. The largest absolute Gasteiger partial charge is 0.397 e. The molecule has 3 rings (SSSR count). The number of fused-ring (bicyclic) bond motifs is 1. The Morgan fingerprint density at radius 3 is 2.79 bits per heavy atom. The van der Waals surface area contributed by atoms with Crippen molar-refractivity contribution in [1.29, 1.82) is 0 Å². The van der Waals surface area contributed by atoms with Gasteiger partial charge in [-0.05, 0) is 47.0 Å². The lowest BCUT2D eigenvalue weighted by atomic mass is 10.1. The van der Waals surface area contributed by atoms with Gasteiger partial charge in [0.15, 0.2) is 0 Å². The van der Waals surface area contributed by atoms with Crippen molar-refractivity contribution >= 4 is 33.0 Å². The SMILES string of the molecule is CC1Cc2ccccc2N1c1cc(Br)c(F)cc1N. The lowest BCUT2D eigenvalue weighted by molar-refractivity contribution is 0.621. The van der Waals surface area contributed by atoms with E-state index in [2.05, 4.69) is 39.9 Å². The molecule has 0 amide bonds. The van der Waals surface area contributed by atoms with Gasteiger partial charge in [-0.25, -0.2) is 4.39 Å². The molecular weight excluding hydrogens is 307 g/mol. The second-order valence-corrected chi connectivity index (χ2v) is 5.73. The third-order valence-electron chi connectivity index (χ3n) is 3.54. The molecule has 98 valence electrons. The summed E-state index contributed by atoms with van der Waals surface area (Å²) in [6.07, 6.45) is 0.977. The van der Waals surface area contributed by atoms with Gasteiger partial charge in [-0.2, -0.15) is 0 Å². The Bertz CT molecular complexity index is 642. The number of anilines is 3. The molecule has 1 aliphatic rings. The molecule has 2 N–H and O–H groups in total. The van der Waals surface area contributed by atoms with E-state index in [1.807, 2.05) is 12.1 Å². The van der Waals surface area contributed by atoms with E-state index in [0.717, 1.165) is 17.8 Å². The van der Waals surface area contributed by atoms with Gasteiger partial charge in [-0.15, -0.1) is 0 Å². The highest BCUT2D eigenvalue weighted by Crippen LogP contribution is 2.41. The summed E-state index contributed by atoms with van der Waals surface area (Å²) in [5, 5.41) is 0. The standard InChI is InChI=1S/C15H14BrFN2/c1-9-6-10-4-2-3-5-14(10)19(9)15-7-11(16)12(17)8-13(15)18/h2-5,7-9H,6,18H2,1H3. The lowest BCUT2D eigenvalue weighted by Crippen LogP contribution is -2.24. The Hall–Kier alpha value is -1.55. The molecule has 1 unspecified atom stereocenters. The van der Waals surface area contributed by atoms with Crippen molar-refractivity contribution in [3.05, 3.63) is 52.3 Å². The minimum Gasteiger partial charge on any atom is -0.397 e. The second-order valence-electron chi connectivity index (χ2n) is 4.88. The number of hydrogen-bond acceptors (Lipinski definition) is 2. The number of nitrogens with two attached hydrogens (primary N) is 1. The van der Waals surface area contributed by atoms with Crippen molar-refractivity contribution in [2.75, 3.05) is 10.6 Å². The van der Waals surface area contributed by atoms with Crippen LogP contribution in [0.4, 0.5) is 21.5 Å². The van der Waals surface area contributed by atoms with Crippen LogP contribution in [-0.2, 0) is 6.42 Å². The van der Waals surface area contributed by atoms with Crippen molar-refractivity contribution < 1.29 is 4.39 Å². The predicted octanol–water partition coefficient (Wildman–Crippen LogP) is 4.25. The van der Waals surface area contributed by atoms with Gasteiger partial charge >= 0.3 is 0 Å². The van der Waals surface area contributed by atoms with E-state index in [4.69, 9.17) is 5.73 Å². The zero-order chi connectivity index (χ0) is 13.6. The van der Waals surface area contributed by atoms with Crippen LogP contribution >= 0.6 is 15.9 Å². The van der Waals surface area contributed by atoms with Crippen LogP contribution in [0.15, 0.2) is 40.9 Å². The molecule has 19 heavy (non-hydrogen) atoms. The molecule has 0 aromatic heterocycles. The molecule has 0 saturated heterocycles. The van der Waals surface area contributed by atoms with Gasteiger partial charge in [0, 0.05) is 17.8 Å². The predicted molar refractivity (Wildman–Crippen MR) is 80.3 cm³/mol. The summed E-state index contributed by atoms with van der Waals surface area (Å²) in [6.45, 7) is 2.15. The van der Waals surface area contributed by atoms with Crippen molar-refractivity contribution in [3.63, 3.8) is 0 Å². The van der Waals surface area contributed by atoms with E-state index in [-0.39, 0.29) is 5.82 Å². The summed E-state index contributed by atoms with van der Waals surface area (Å²) in [4.78, 5) is 2.18. The number of hydrogen-bond donors (Lipinski definition) is 1. The maximum Gasteiger partial charge on any atom is 0.139 e. The molecular formula is C15H14BrFN2. The smallest absolute Gasteiger partial charge is 0.139 e. The zero-order valence-corrected chi connectivity index (χ0v) is 12.1. The van der Waals surface area contributed by atoms with Gasteiger partial charge in [0.05, 0.1) is 15.8 Å². The zero-order valence-electron chi connectivity index (χ0n) is 10.5. The Morgan fingerprint density at radius 1 is 1.26 bits per heavy atom. The molecule has 4 heteroatoms. The molecule has 1 atom stereocenters. The van der Waals surface area contributed by atoms with Crippen molar-refractivity contribution in [2.45, 2.75) is 19.4 Å². The van der Waals surface area contributed by atoms with E-state index in [0.29, 0.717) is 16.2 Å². The van der Waals surface area contributed by atoms with Gasteiger partial charge in [0.25, 0.3) is 0 Å². The molecule has 0 bridgehead atoms. The first-order valence-corrected chi connectivity index (χ1v) is 6.99. The number of para-hydroxylation sites is 1. The molecule has 2 nitrogen and oxygen atoms in total. The second kappa shape index (κ2) is 4.53. The van der Waals surface area contributed by atoms with Crippen molar-refractivity contribution in [2.24, 2.45) is 0 Å². The Balaban J connectivity index is 2.15. The number of nitrogens with zero attached hydrogens (tertiary/aromatic N) is 1. The summed E-state index contributed by atoms with van der Waals surface area (Å²) in [5.74, 6) is -0.332. The maximum atomic E-state index is 13.5. The van der Waals surface area contributed by atoms with Crippen LogP contribution in [-0.4, -0.2) is 6.04 Å².